The maximum absolute atomic E-state index is 14.0. The van der Waals surface area contributed by atoms with Crippen molar-refractivity contribution in [3.05, 3.63) is 92.7 Å². The van der Waals surface area contributed by atoms with Crippen LogP contribution in [-0.4, -0.2) is 23.8 Å². The number of anilines is 2. The number of methoxy groups -OCH3 is 1. The fraction of sp³-hybridized carbons (Fsp3) is 0.0476. The molecule has 0 aliphatic rings. The molecule has 0 spiro atoms. The van der Waals surface area contributed by atoms with E-state index in [0.29, 0.717) is 0 Å². The lowest BCUT2D eigenvalue weighted by Crippen LogP contribution is -2.16. The van der Waals surface area contributed by atoms with Crippen molar-refractivity contribution in [2.75, 3.05) is 17.7 Å². The Labute approximate surface area is 180 Å². The van der Waals surface area contributed by atoms with Gasteiger partial charge in [-0.1, -0.05) is 23.7 Å². The predicted octanol–water partition coefficient (Wildman–Crippen LogP) is 4.90. The molecule has 0 fully saturated rings. The minimum atomic E-state index is -0.801. The van der Waals surface area contributed by atoms with Crippen molar-refractivity contribution in [1.29, 1.82) is 0 Å². The van der Waals surface area contributed by atoms with Gasteiger partial charge in [-0.15, -0.1) is 0 Å². The number of nitro groups is 1. The zero-order chi connectivity index (χ0) is 22.5. The van der Waals surface area contributed by atoms with Crippen molar-refractivity contribution in [3.8, 4) is 5.75 Å². The SMILES string of the molecule is COc1ccc(NC(=O)c2ccccc2[N+](=O)[O-])cc1NC(=O)c1ccc(Cl)cc1F. The molecule has 0 radical (unpaired) electrons. The number of ether oxygens (including phenoxy) is 1. The summed E-state index contributed by atoms with van der Waals surface area (Å²) >= 11 is 5.71. The highest BCUT2D eigenvalue weighted by Gasteiger charge is 2.20. The van der Waals surface area contributed by atoms with Crippen LogP contribution in [0.5, 0.6) is 5.75 Å². The molecule has 0 aromatic heterocycles. The van der Waals surface area contributed by atoms with Crippen LogP contribution < -0.4 is 15.4 Å². The Kier molecular flexibility index (Phi) is 6.46. The van der Waals surface area contributed by atoms with Gasteiger partial charge in [-0.05, 0) is 42.5 Å². The van der Waals surface area contributed by atoms with E-state index >= 15 is 0 Å². The van der Waals surface area contributed by atoms with Crippen molar-refractivity contribution in [2.24, 2.45) is 0 Å². The molecule has 31 heavy (non-hydrogen) atoms. The highest BCUT2D eigenvalue weighted by atomic mass is 35.5. The molecule has 0 aliphatic carbocycles. The van der Waals surface area contributed by atoms with E-state index in [9.17, 15) is 24.1 Å². The smallest absolute Gasteiger partial charge is 0.282 e. The zero-order valence-corrected chi connectivity index (χ0v) is 16.8. The van der Waals surface area contributed by atoms with Crippen LogP contribution in [-0.2, 0) is 0 Å². The van der Waals surface area contributed by atoms with Crippen LogP contribution in [0.3, 0.4) is 0 Å². The number of para-hydroxylation sites is 1. The molecular formula is C21H15ClFN3O5. The second-order valence-electron chi connectivity index (χ2n) is 6.22. The summed E-state index contributed by atoms with van der Waals surface area (Å²) in [6.45, 7) is 0. The fourth-order valence-electron chi connectivity index (χ4n) is 2.77. The third kappa shape index (κ3) is 4.96. The third-order valence-electron chi connectivity index (χ3n) is 4.23. The Bertz CT molecular complexity index is 1190. The minimum Gasteiger partial charge on any atom is -0.495 e. The number of halogens is 2. The summed E-state index contributed by atoms with van der Waals surface area (Å²) in [5.74, 6) is -2.01. The molecule has 2 N–H and O–H groups in total. The fourth-order valence-corrected chi connectivity index (χ4v) is 2.93. The van der Waals surface area contributed by atoms with Gasteiger partial charge < -0.3 is 15.4 Å². The van der Waals surface area contributed by atoms with E-state index in [1.54, 1.807) is 0 Å². The standard InChI is InChI=1S/C21H15ClFN3O5/c1-31-19-9-7-13(24-21(28)15-4-2-3-5-18(15)26(29)30)11-17(19)25-20(27)14-8-6-12(22)10-16(14)23/h2-11H,1H3,(H,24,28)(H,25,27). The van der Waals surface area contributed by atoms with E-state index in [4.69, 9.17) is 16.3 Å². The van der Waals surface area contributed by atoms with E-state index < -0.39 is 22.6 Å². The zero-order valence-electron chi connectivity index (χ0n) is 16.0. The molecule has 0 saturated heterocycles. The van der Waals surface area contributed by atoms with E-state index in [-0.39, 0.29) is 39.0 Å². The number of nitrogens with zero attached hydrogens (tertiary/aromatic N) is 1. The lowest BCUT2D eigenvalue weighted by Gasteiger charge is -2.13. The van der Waals surface area contributed by atoms with Crippen molar-refractivity contribution >= 4 is 40.5 Å². The predicted molar refractivity (Wildman–Crippen MR) is 113 cm³/mol. The largest absolute Gasteiger partial charge is 0.495 e. The molecule has 0 atom stereocenters. The molecule has 158 valence electrons. The van der Waals surface area contributed by atoms with E-state index in [2.05, 4.69) is 10.6 Å². The van der Waals surface area contributed by atoms with Gasteiger partial charge in [-0.3, -0.25) is 19.7 Å². The Morgan fingerprint density at radius 3 is 2.39 bits per heavy atom. The molecule has 0 unspecified atom stereocenters. The third-order valence-corrected chi connectivity index (χ3v) is 4.46. The first-order chi connectivity index (χ1) is 14.8. The summed E-state index contributed by atoms with van der Waals surface area (Å²) in [7, 11) is 1.37. The van der Waals surface area contributed by atoms with Crippen LogP contribution in [0.1, 0.15) is 20.7 Å². The number of hydrogen-bond donors (Lipinski definition) is 2. The van der Waals surface area contributed by atoms with Crippen molar-refractivity contribution in [1.82, 2.24) is 0 Å². The Hall–Kier alpha value is -3.98. The first-order valence-corrected chi connectivity index (χ1v) is 9.17. The summed E-state index contributed by atoms with van der Waals surface area (Å²) in [4.78, 5) is 35.5. The molecule has 0 saturated carbocycles. The number of benzene rings is 3. The molecular weight excluding hydrogens is 429 g/mol. The summed E-state index contributed by atoms with van der Waals surface area (Å²) < 4.78 is 19.2. The molecule has 0 bridgehead atoms. The summed E-state index contributed by atoms with van der Waals surface area (Å²) in [5, 5.41) is 16.3. The summed E-state index contributed by atoms with van der Waals surface area (Å²) in [6, 6.07) is 13.5. The first kappa shape index (κ1) is 21.7. The van der Waals surface area contributed by atoms with Crippen molar-refractivity contribution in [2.45, 2.75) is 0 Å². The van der Waals surface area contributed by atoms with Gasteiger partial charge >= 0.3 is 0 Å². The summed E-state index contributed by atoms with van der Waals surface area (Å²) in [6.07, 6.45) is 0. The summed E-state index contributed by atoms with van der Waals surface area (Å²) in [5.41, 5.74) is -0.323. The lowest BCUT2D eigenvalue weighted by molar-refractivity contribution is -0.385. The first-order valence-electron chi connectivity index (χ1n) is 8.79. The van der Waals surface area contributed by atoms with Crippen LogP contribution in [0.2, 0.25) is 5.02 Å². The topological polar surface area (TPSA) is 111 Å². The normalized spacial score (nSPS) is 10.3. The lowest BCUT2D eigenvalue weighted by atomic mass is 10.1. The van der Waals surface area contributed by atoms with E-state index in [1.807, 2.05) is 0 Å². The molecule has 0 aliphatic heterocycles. The number of nitro benzene ring substituents is 1. The van der Waals surface area contributed by atoms with E-state index in [1.165, 1.54) is 61.7 Å². The van der Waals surface area contributed by atoms with Crippen LogP contribution in [0.25, 0.3) is 0 Å². The maximum atomic E-state index is 14.0. The molecule has 3 aromatic carbocycles. The molecule has 2 amide bonds. The number of hydrogen-bond acceptors (Lipinski definition) is 5. The maximum Gasteiger partial charge on any atom is 0.282 e. The van der Waals surface area contributed by atoms with Gasteiger partial charge in [0.25, 0.3) is 17.5 Å². The molecule has 3 aromatic rings. The van der Waals surface area contributed by atoms with Gasteiger partial charge in [0.05, 0.1) is 23.3 Å². The molecule has 3 rings (SSSR count). The van der Waals surface area contributed by atoms with Gasteiger partial charge in [0.1, 0.15) is 17.1 Å². The minimum absolute atomic E-state index is 0.128. The highest BCUT2D eigenvalue weighted by Crippen LogP contribution is 2.29. The quantitative estimate of drug-likeness (QED) is 0.416. The van der Waals surface area contributed by atoms with Crippen LogP contribution in [0.4, 0.5) is 21.5 Å². The van der Waals surface area contributed by atoms with Gasteiger partial charge in [-0.25, -0.2) is 4.39 Å². The number of rotatable bonds is 6. The monoisotopic (exact) mass is 443 g/mol. The number of nitrogens with one attached hydrogen (secondary N) is 2. The van der Waals surface area contributed by atoms with Crippen LogP contribution in [0.15, 0.2) is 60.7 Å². The Morgan fingerprint density at radius 2 is 1.71 bits per heavy atom. The average molecular weight is 444 g/mol. The number of carbonyl (C=O) groups excluding carboxylic acids is 2. The van der Waals surface area contributed by atoms with Crippen molar-refractivity contribution < 1.29 is 23.6 Å². The van der Waals surface area contributed by atoms with Gasteiger partial charge in [-0.2, -0.15) is 0 Å². The van der Waals surface area contributed by atoms with Gasteiger partial charge in [0, 0.05) is 16.8 Å². The van der Waals surface area contributed by atoms with Gasteiger partial charge in [0.15, 0.2) is 0 Å². The molecule has 10 heteroatoms. The van der Waals surface area contributed by atoms with Crippen LogP contribution in [0, 0.1) is 15.9 Å². The molecule has 0 heterocycles. The Morgan fingerprint density at radius 1 is 1.00 bits per heavy atom. The van der Waals surface area contributed by atoms with Crippen molar-refractivity contribution in [3.63, 3.8) is 0 Å². The molecule has 8 nitrogen and oxygen atoms in total. The average Bonchev–Trinajstić information content (AvgIpc) is 2.73. The van der Waals surface area contributed by atoms with E-state index in [0.717, 1.165) is 6.07 Å². The Balaban J connectivity index is 1.86. The highest BCUT2D eigenvalue weighted by molar-refractivity contribution is 6.30. The second-order valence-corrected chi connectivity index (χ2v) is 6.66. The van der Waals surface area contributed by atoms with Gasteiger partial charge in [0.2, 0.25) is 0 Å². The number of amides is 2. The second kappa shape index (κ2) is 9.23. The number of carbonyl (C=O) groups is 2. The van der Waals surface area contributed by atoms with Crippen LogP contribution >= 0.6 is 11.6 Å².